The molecular formula is C18H22O3. The van der Waals surface area contributed by atoms with Crippen LogP contribution >= 0.6 is 0 Å². The van der Waals surface area contributed by atoms with Gasteiger partial charge >= 0.3 is 0 Å². The molecule has 0 heterocycles. The van der Waals surface area contributed by atoms with Gasteiger partial charge in [0, 0.05) is 0 Å². The van der Waals surface area contributed by atoms with Crippen molar-refractivity contribution in [1.29, 1.82) is 0 Å². The van der Waals surface area contributed by atoms with Crippen LogP contribution in [-0.4, -0.2) is 12.2 Å². The van der Waals surface area contributed by atoms with E-state index in [0.29, 0.717) is 18.1 Å². The molecule has 0 aliphatic rings. The van der Waals surface area contributed by atoms with Gasteiger partial charge in [-0.15, -0.1) is 0 Å². The number of aliphatic hydroxyl groups is 1. The third-order valence-electron chi connectivity index (χ3n) is 3.62. The number of hydrogen-bond acceptors (Lipinski definition) is 3. The highest BCUT2D eigenvalue weighted by Crippen LogP contribution is 2.29. The first-order valence-corrected chi connectivity index (χ1v) is 7.02. The van der Waals surface area contributed by atoms with E-state index in [1.807, 2.05) is 18.2 Å². The van der Waals surface area contributed by atoms with Gasteiger partial charge in [-0.05, 0) is 55.2 Å². The molecule has 112 valence electrons. The normalized spacial score (nSPS) is 10.5. The van der Waals surface area contributed by atoms with Crippen LogP contribution in [0, 0.1) is 20.8 Å². The molecule has 0 aliphatic carbocycles. The second-order valence-corrected chi connectivity index (χ2v) is 5.31. The van der Waals surface area contributed by atoms with Gasteiger partial charge in [-0.2, -0.15) is 0 Å². The Morgan fingerprint density at radius 3 is 2.19 bits per heavy atom. The van der Waals surface area contributed by atoms with Gasteiger partial charge < -0.3 is 14.6 Å². The van der Waals surface area contributed by atoms with E-state index in [2.05, 4.69) is 32.9 Å². The minimum absolute atomic E-state index is 0.0110. The standard InChI is InChI=1S/C18H22O3/c1-12-7-13(2)16(14(3)8-12)11-21-18-9-15(10-19)5-6-17(18)20-4/h5-9,19H,10-11H2,1-4H3. The van der Waals surface area contributed by atoms with Crippen LogP contribution < -0.4 is 9.47 Å². The summed E-state index contributed by atoms with van der Waals surface area (Å²) in [6.07, 6.45) is 0. The Bertz CT molecular complexity index is 609. The van der Waals surface area contributed by atoms with Crippen LogP contribution in [0.1, 0.15) is 27.8 Å². The van der Waals surface area contributed by atoms with Crippen LogP contribution in [0.25, 0.3) is 0 Å². The van der Waals surface area contributed by atoms with Gasteiger partial charge in [0.05, 0.1) is 13.7 Å². The highest BCUT2D eigenvalue weighted by Gasteiger charge is 2.09. The monoisotopic (exact) mass is 286 g/mol. The fraction of sp³-hybridized carbons (Fsp3) is 0.333. The average Bonchev–Trinajstić information content (AvgIpc) is 2.45. The van der Waals surface area contributed by atoms with Crippen molar-refractivity contribution in [3.63, 3.8) is 0 Å². The molecule has 0 fully saturated rings. The number of hydrogen-bond donors (Lipinski definition) is 1. The summed E-state index contributed by atoms with van der Waals surface area (Å²) in [5.74, 6) is 1.33. The zero-order valence-electron chi connectivity index (χ0n) is 13.1. The molecule has 0 bridgehead atoms. The second kappa shape index (κ2) is 6.64. The minimum Gasteiger partial charge on any atom is -0.493 e. The van der Waals surface area contributed by atoms with Crippen LogP contribution in [0.3, 0.4) is 0 Å². The van der Waals surface area contributed by atoms with Crippen molar-refractivity contribution >= 4 is 0 Å². The number of benzene rings is 2. The second-order valence-electron chi connectivity index (χ2n) is 5.31. The summed E-state index contributed by atoms with van der Waals surface area (Å²) >= 11 is 0. The largest absolute Gasteiger partial charge is 0.493 e. The van der Waals surface area contributed by atoms with Crippen molar-refractivity contribution in [2.24, 2.45) is 0 Å². The minimum atomic E-state index is -0.0110. The van der Waals surface area contributed by atoms with Crippen molar-refractivity contribution in [1.82, 2.24) is 0 Å². The quantitative estimate of drug-likeness (QED) is 0.911. The highest BCUT2D eigenvalue weighted by atomic mass is 16.5. The molecule has 0 amide bonds. The third-order valence-corrected chi connectivity index (χ3v) is 3.62. The third kappa shape index (κ3) is 3.56. The van der Waals surface area contributed by atoms with Gasteiger partial charge in [0.1, 0.15) is 6.61 Å². The van der Waals surface area contributed by atoms with Gasteiger partial charge in [-0.1, -0.05) is 23.8 Å². The fourth-order valence-corrected chi connectivity index (χ4v) is 2.52. The Labute approximate surface area is 126 Å². The molecule has 2 rings (SSSR count). The van der Waals surface area contributed by atoms with E-state index >= 15 is 0 Å². The van der Waals surface area contributed by atoms with Crippen LogP contribution in [-0.2, 0) is 13.2 Å². The number of aryl methyl sites for hydroxylation is 3. The molecular weight excluding hydrogens is 264 g/mol. The number of methoxy groups -OCH3 is 1. The van der Waals surface area contributed by atoms with Crippen LogP contribution in [0.4, 0.5) is 0 Å². The summed E-state index contributed by atoms with van der Waals surface area (Å²) in [7, 11) is 1.61. The van der Waals surface area contributed by atoms with Gasteiger partial charge in [0.2, 0.25) is 0 Å². The maximum Gasteiger partial charge on any atom is 0.162 e. The molecule has 2 aromatic rings. The molecule has 3 heteroatoms. The zero-order valence-corrected chi connectivity index (χ0v) is 13.1. The molecule has 3 nitrogen and oxygen atoms in total. The predicted octanol–water partition coefficient (Wildman–Crippen LogP) is 3.69. The lowest BCUT2D eigenvalue weighted by atomic mass is 10.0. The molecule has 0 saturated carbocycles. The summed E-state index contributed by atoms with van der Waals surface area (Å²) in [6, 6.07) is 9.78. The number of rotatable bonds is 5. The first-order chi connectivity index (χ1) is 10.0. The summed E-state index contributed by atoms with van der Waals surface area (Å²) in [6.45, 7) is 6.77. The Balaban J connectivity index is 2.24. The van der Waals surface area contributed by atoms with E-state index in [9.17, 15) is 5.11 Å². The summed E-state index contributed by atoms with van der Waals surface area (Å²) in [4.78, 5) is 0. The molecule has 0 aliphatic heterocycles. The predicted molar refractivity (Wildman–Crippen MR) is 83.9 cm³/mol. The number of ether oxygens (including phenoxy) is 2. The molecule has 0 saturated heterocycles. The Morgan fingerprint density at radius 2 is 1.62 bits per heavy atom. The molecule has 2 aromatic carbocycles. The maximum absolute atomic E-state index is 9.23. The molecule has 0 atom stereocenters. The molecule has 0 radical (unpaired) electrons. The van der Waals surface area contributed by atoms with E-state index in [-0.39, 0.29) is 6.61 Å². The smallest absolute Gasteiger partial charge is 0.162 e. The van der Waals surface area contributed by atoms with Crippen LogP contribution in [0.5, 0.6) is 11.5 Å². The highest BCUT2D eigenvalue weighted by molar-refractivity contribution is 5.43. The van der Waals surface area contributed by atoms with Crippen LogP contribution in [0.2, 0.25) is 0 Å². The average molecular weight is 286 g/mol. The maximum atomic E-state index is 9.23. The fourth-order valence-electron chi connectivity index (χ4n) is 2.52. The topological polar surface area (TPSA) is 38.7 Å². The lowest BCUT2D eigenvalue weighted by Crippen LogP contribution is -2.03. The molecule has 0 spiro atoms. The first-order valence-electron chi connectivity index (χ1n) is 7.02. The first kappa shape index (κ1) is 15.4. The van der Waals surface area contributed by atoms with Crippen LogP contribution in [0.15, 0.2) is 30.3 Å². The van der Waals surface area contributed by atoms with Gasteiger partial charge in [0.15, 0.2) is 11.5 Å². The molecule has 21 heavy (non-hydrogen) atoms. The van der Waals surface area contributed by atoms with E-state index in [0.717, 1.165) is 5.56 Å². The Kier molecular flexibility index (Phi) is 4.86. The van der Waals surface area contributed by atoms with Crippen molar-refractivity contribution in [3.05, 3.63) is 58.1 Å². The van der Waals surface area contributed by atoms with E-state index in [4.69, 9.17) is 9.47 Å². The molecule has 0 aromatic heterocycles. The van der Waals surface area contributed by atoms with Crippen molar-refractivity contribution < 1.29 is 14.6 Å². The molecule has 0 unspecified atom stereocenters. The number of aliphatic hydroxyl groups excluding tert-OH is 1. The zero-order chi connectivity index (χ0) is 15.4. The van der Waals surface area contributed by atoms with Crippen molar-refractivity contribution in [2.45, 2.75) is 34.0 Å². The Morgan fingerprint density at radius 1 is 0.952 bits per heavy atom. The summed E-state index contributed by atoms with van der Waals surface area (Å²) in [5, 5.41) is 9.23. The molecule has 1 N–H and O–H groups in total. The van der Waals surface area contributed by atoms with E-state index in [1.54, 1.807) is 7.11 Å². The lowest BCUT2D eigenvalue weighted by Gasteiger charge is -2.15. The van der Waals surface area contributed by atoms with Gasteiger partial charge in [-0.25, -0.2) is 0 Å². The van der Waals surface area contributed by atoms with E-state index in [1.165, 1.54) is 22.3 Å². The van der Waals surface area contributed by atoms with Crippen molar-refractivity contribution in [3.8, 4) is 11.5 Å². The van der Waals surface area contributed by atoms with Gasteiger partial charge in [-0.3, -0.25) is 0 Å². The summed E-state index contributed by atoms with van der Waals surface area (Å²) in [5.41, 5.74) is 5.71. The SMILES string of the molecule is COc1ccc(CO)cc1OCc1c(C)cc(C)cc1C. The Hall–Kier alpha value is -2.00. The van der Waals surface area contributed by atoms with Gasteiger partial charge in [0.25, 0.3) is 0 Å². The van der Waals surface area contributed by atoms with Crippen molar-refractivity contribution in [2.75, 3.05) is 7.11 Å². The van der Waals surface area contributed by atoms with E-state index < -0.39 is 0 Å². The lowest BCUT2D eigenvalue weighted by molar-refractivity contribution is 0.271. The summed E-state index contributed by atoms with van der Waals surface area (Å²) < 4.78 is 11.2.